The number of hydrogen-bond donors (Lipinski definition) is 1. The Morgan fingerprint density at radius 2 is 1.77 bits per heavy atom. The van der Waals surface area contributed by atoms with E-state index < -0.39 is 0 Å². The van der Waals surface area contributed by atoms with E-state index in [1.807, 2.05) is 12.1 Å². The minimum absolute atomic E-state index is 0.119. The molecule has 3 rings (SSSR count). The average molecular weight is 296 g/mol. The summed E-state index contributed by atoms with van der Waals surface area (Å²) in [7, 11) is 0. The van der Waals surface area contributed by atoms with Gasteiger partial charge in [0.2, 0.25) is 0 Å². The summed E-state index contributed by atoms with van der Waals surface area (Å²) >= 11 is 0. The van der Waals surface area contributed by atoms with E-state index in [2.05, 4.69) is 41.0 Å². The molecule has 0 radical (unpaired) electrons. The molecule has 0 unspecified atom stereocenters. The van der Waals surface area contributed by atoms with E-state index in [1.165, 1.54) is 6.20 Å². The minimum atomic E-state index is -0.389. The summed E-state index contributed by atoms with van der Waals surface area (Å²) in [5.74, 6) is -0.389. The molecule has 3 aromatic rings. The van der Waals surface area contributed by atoms with Gasteiger partial charge in [0.15, 0.2) is 5.82 Å². The van der Waals surface area contributed by atoms with E-state index in [4.69, 9.17) is 0 Å². The summed E-state index contributed by atoms with van der Waals surface area (Å²) in [5.41, 5.74) is 2.50. The maximum atomic E-state index is 14.0. The lowest BCUT2D eigenvalue weighted by Crippen LogP contribution is -2.26. The zero-order valence-electron chi connectivity index (χ0n) is 12.8. The minimum Gasteiger partial charge on any atom is -0.380 e. The second-order valence-electron chi connectivity index (χ2n) is 6.18. The number of nitrogens with zero attached hydrogens (tertiary/aromatic N) is 3. The number of rotatable bonds is 2. The summed E-state index contributed by atoms with van der Waals surface area (Å²) in [4.78, 5) is 12.4. The zero-order chi connectivity index (χ0) is 15.7. The Bertz CT molecular complexity index is 824. The first-order valence-electron chi connectivity index (χ1n) is 7.07. The largest absolute Gasteiger partial charge is 0.380 e. The van der Waals surface area contributed by atoms with Crippen LogP contribution in [0.1, 0.15) is 20.8 Å². The molecule has 1 N–H and O–H groups in total. The van der Waals surface area contributed by atoms with Crippen molar-refractivity contribution in [2.45, 2.75) is 26.3 Å². The first kappa shape index (κ1) is 14.4. The van der Waals surface area contributed by atoms with E-state index in [1.54, 1.807) is 24.7 Å². The number of anilines is 1. The fourth-order valence-electron chi connectivity index (χ4n) is 2.31. The molecule has 0 spiro atoms. The topological polar surface area (TPSA) is 50.7 Å². The number of pyridine rings is 3. The van der Waals surface area contributed by atoms with Crippen molar-refractivity contribution >= 4 is 16.6 Å². The molecule has 0 saturated carbocycles. The van der Waals surface area contributed by atoms with Gasteiger partial charge in [-0.05, 0) is 39.0 Å². The van der Waals surface area contributed by atoms with Crippen molar-refractivity contribution in [1.29, 1.82) is 0 Å². The Morgan fingerprint density at radius 3 is 2.50 bits per heavy atom. The van der Waals surface area contributed by atoms with Crippen molar-refractivity contribution in [3.63, 3.8) is 0 Å². The van der Waals surface area contributed by atoms with Crippen LogP contribution in [-0.4, -0.2) is 20.5 Å². The molecule has 0 bridgehead atoms. The fraction of sp³-hybridized carbons (Fsp3) is 0.235. The molecular weight excluding hydrogens is 279 g/mol. The first-order valence-corrected chi connectivity index (χ1v) is 7.07. The highest BCUT2D eigenvalue weighted by atomic mass is 19.1. The van der Waals surface area contributed by atoms with Gasteiger partial charge >= 0.3 is 0 Å². The van der Waals surface area contributed by atoms with Gasteiger partial charge in [0.1, 0.15) is 0 Å². The molecule has 0 aromatic carbocycles. The van der Waals surface area contributed by atoms with Gasteiger partial charge in [-0.1, -0.05) is 0 Å². The van der Waals surface area contributed by atoms with Crippen LogP contribution < -0.4 is 5.32 Å². The van der Waals surface area contributed by atoms with Crippen LogP contribution in [0.15, 0.2) is 43.0 Å². The summed E-state index contributed by atoms with van der Waals surface area (Å²) in [6, 6.07) is 5.40. The van der Waals surface area contributed by atoms with Gasteiger partial charge in [-0.15, -0.1) is 0 Å². The van der Waals surface area contributed by atoms with Crippen molar-refractivity contribution in [2.75, 3.05) is 5.32 Å². The second kappa shape index (κ2) is 5.33. The first-order chi connectivity index (χ1) is 10.4. The highest BCUT2D eigenvalue weighted by Gasteiger charge is 2.15. The van der Waals surface area contributed by atoms with Gasteiger partial charge in [-0.3, -0.25) is 9.97 Å². The molecule has 0 saturated heterocycles. The normalized spacial score (nSPS) is 11.6. The lowest BCUT2D eigenvalue weighted by atomic mass is 10.1. The Morgan fingerprint density at radius 1 is 1.05 bits per heavy atom. The Labute approximate surface area is 128 Å². The summed E-state index contributed by atoms with van der Waals surface area (Å²) in [6.07, 6.45) is 6.17. The lowest BCUT2D eigenvalue weighted by molar-refractivity contribution is 0.624. The van der Waals surface area contributed by atoms with Gasteiger partial charge in [-0.2, -0.15) is 0 Å². The molecule has 0 atom stereocenters. The van der Waals surface area contributed by atoms with Gasteiger partial charge in [-0.25, -0.2) is 9.37 Å². The van der Waals surface area contributed by atoms with Crippen molar-refractivity contribution in [1.82, 2.24) is 15.0 Å². The summed E-state index contributed by atoms with van der Waals surface area (Å²) in [5, 5.41) is 4.41. The van der Waals surface area contributed by atoms with Crippen LogP contribution in [-0.2, 0) is 0 Å². The lowest BCUT2D eigenvalue weighted by Gasteiger charge is -2.23. The number of fused-ring (bicyclic) bond motifs is 1. The number of halogens is 1. The maximum absolute atomic E-state index is 14.0. The number of hydrogen-bond acceptors (Lipinski definition) is 4. The molecule has 0 amide bonds. The van der Waals surface area contributed by atoms with E-state index in [0.29, 0.717) is 11.3 Å². The summed E-state index contributed by atoms with van der Waals surface area (Å²) in [6.45, 7) is 6.23. The predicted molar refractivity (Wildman–Crippen MR) is 86.1 cm³/mol. The average Bonchev–Trinajstić information content (AvgIpc) is 2.46. The van der Waals surface area contributed by atoms with E-state index in [-0.39, 0.29) is 11.4 Å². The van der Waals surface area contributed by atoms with Crippen LogP contribution in [0.25, 0.3) is 22.2 Å². The molecule has 0 fully saturated rings. The molecule has 0 aliphatic heterocycles. The third kappa shape index (κ3) is 2.88. The van der Waals surface area contributed by atoms with Crippen LogP contribution in [0.4, 0.5) is 10.1 Å². The maximum Gasteiger partial charge on any atom is 0.150 e. The monoisotopic (exact) mass is 296 g/mol. The molecule has 3 aromatic heterocycles. The zero-order valence-corrected chi connectivity index (χ0v) is 12.8. The molecule has 112 valence electrons. The molecule has 0 aliphatic carbocycles. The Balaban J connectivity index is 2.23. The number of nitrogens with one attached hydrogen (secondary N) is 1. The van der Waals surface area contributed by atoms with Gasteiger partial charge < -0.3 is 5.32 Å². The smallest absolute Gasteiger partial charge is 0.150 e. The summed E-state index contributed by atoms with van der Waals surface area (Å²) < 4.78 is 14.0. The highest BCUT2D eigenvalue weighted by Crippen LogP contribution is 2.30. The van der Waals surface area contributed by atoms with Gasteiger partial charge in [0.25, 0.3) is 0 Å². The van der Waals surface area contributed by atoms with Crippen LogP contribution in [0.2, 0.25) is 0 Å². The van der Waals surface area contributed by atoms with Gasteiger partial charge in [0.05, 0.1) is 23.6 Å². The Hall–Kier alpha value is -2.56. The molecule has 3 heterocycles. The molecule has 4 nitrogen and oxygen atoms in total. The third-order valence-electron chi connectivity index (χ3n) is 3.17. The van der Waals surface area contributed by atoms with Crippen LogP contribution >= 0.6 is 0 Å². The van der Waals surface area contributed by atoms with Crippen molar-refractivity contribution in [3.8, 4) is 11.3 Å². The van der Waals surface area contributed by atoms with Crippen molar-refractivity contribution in [2.24, 2.45) is 0 Å². The predicted octanol–water partition coefficient (Wildman–Crippen LogP) is 4.04. The quantitative estimate of drug-likeness (QED) is 0.775. The van der Waals surface area contributed by atoms with E-state index >= 15 is 0 Å². The fourth-order valence-corrected chi connectivity index (χ4v) is 2.31. The highest BCUT2D eigenvalue weighted by molar-refractivity contribution is 5.93. The van der Waals surface area contributed by atoms with E-state index in [9.17, 15) is 4.39 Å². The molecule has 5 heteroatoms. The molecular formula is C17H17FN4. The Kier molecular flexibility index (Phi) is 3.48. The molecule has 0 aliphatic rings. The molecule has 22 heavy (non-hydrogen) atoms. The van der Waals surface area contributed by atoms with Crippen LogP contribution in [0, 0.1) is 5.82 Å². The van der Waals surface area contributed by atoms with Gasteiger partial charge in [0, 0.05) is 34.6 Å². The van der Waals surface area contributed by atoms with Crippen LogP contribution in [0.3, 0.4) is 0 Å². The van der Waals surface area contributed by atoms with E-state index in [0.717, 1.165) is 16.6 Å². The number of aromatic nitrogens is 3. The van der Waals surface area contributed by atoms with Crippen molar-refractivity contribution < 1.29 is 4.39 Å². The van der Waals surface area contributed by atoms with Crippen molar-refractivity contribution in [3.05, 3.63) is 48.8 Å². The third-order valence-corrected chi connectivity index (χ3v) is 3.17. The van der Waals surface area contributed by atoms with Crippen LogP contribution in [0.5, 0.6) is 0 Å². The SMILES string of the molecule is CC(C)(C)Nc1cc(-c2ccncc2F)nc2cnccc12. The second-order valence-corrected chi connectivity index (χ2v) is 6.18. The standard InChI is InChI=1S/C17H17FN4/c1-17(2,3)22-15-8-14(11-4-6-19-9-13(11)18)21-16-10-20-7-5-12(15)16/h4-10H,1-3H3,(H,21,22).